The second-order valence-corrected chi connectivity index (χ2v) is 6.46. The summed E-state index contributed by atoms with van der Waals surface area (Å²) in [5, 5.41) is 10.6. The van der Waals surface area contributed by atoms with Crippen LogP contribution >= 0.6 is 0 Å². The molecule has 0 amide bonds. The molecule has 2 unspecified atom stereocenters. The van der Waals surface area contributed by atoms with Crippen LogP contribution in [-0.2, 0) is 0 Å². The molecule has 1 fully saturated rings. The summed E-state index contributed by atoms with van der Waals surface area (Å²) in [6, 6.07) is 18.8. The Balaban J connectivity index is 1.60. The standard InChI is InChI=1S/C20H26N2O/c1-16-7-6-10-19(15-16)22-13-11-21(12-14-22)17(2)20(23)18-8-4-3-5-9-18/h3-10,15,17,20,23H,11-14H2,1-2H3. The molecule has 1 aliphatic heterocycles. The fourth-order valence-corrected chi connectivity index (χ4v) is 3.34. The van der Waals surface area contributed by atoms with Crippen LogP contribution in [-0.4, -0.2) is 42.2 Å². The lowest BCUT2D eigenvalue weighted by Gasteiger charge is -2.40. The minimum Gasteiger partial charge on any atom is -0.387 e. The van der Waals surface area contributed by atoms with E-state index in [1.54, 1.807) is 0 Å². The van der Waals surface area contributed by atoms with Gasteiger partial charge in [-0.1, -0.05) is 42.5 Å². The van der Waals surface area contributed by atoms with Gasteiger partial charge < -0.3 is 10.0 Å². The third-order valence-electron chi connectivity index (χ3n) is 4.86. The summed E-state index contributed by atoms with van der Waals surface area (Å²) in [7, 11) is 0. The number of nitrogens with zero attached hydrogens (tertiary/aromatic N) is 2. The lowest BCUT2D eigenvalue weighted by atomic mass is 10.0. The number of aliphatic hydroxyl groups excluding tert-OH is 1. The van der Waals surface area contributed by atoms with E-state index >= 15 is 0 Å². The van der Waals surface area contributed by atoms with E-state index in [1.165, 1.54) is 11.3 Å². The third-order valence-corrected chi connectivity index (χ3v) is 4.86. The summed E-state index contributed by atoms with van der Waals surface area (Å²) in [6.45, 7) is 8.25. The van der Waals surface area contributed by atoms with Gasteiger partial charge >= 0.3 is 0 Å². The van der Waals surface area contributed by atoms with E-state index in [2.05, 4.69) is 47.9 Å². The monoisotopic (exact) mass is 310 g/mol. The number of rotatable bonds is 4. The van der Waals surface area contributed by atoms with Crippen molar-refractivity contribution in [2.75, 3.05) is 31.1 Å². The predicted molar refractivity (Wildman–Crippen MR) is 95.8 cm³/mol. The van der Waals surface area contributed by atoms with Gasteiger partial charge in [-0.15, -0.1) is 0 Å². The third kappa shape index (κ3) is 3.74. The molecule has 0 aromatic heterocycles. The van der Waals surface area contributed by atoms with Crippen LogP contribution < -0.4 is 4.90 Å². The number of aryl methyl sites for hydroxylation is 1. The Hall–Kier alpha value is -1.84. The van der Waals surface area contributed by atoms with Gasteiger partial charge in [0.15, 0.2) is 0 Å². The summed E-state index contributed by atoms with van der Waals surface area (Å²) in [4.78, 5) is 4.83. The topological polar surface area (TPSA) is 26.7 Å². The molecule has 0 bridgehead atoms. The number of anilines is 1. The van der Waals surface area contributed by atoms with Gasteiger partial charge in [0.05, 0.1) is 6.10 Å². The van der Waals surface area contributed by atoms with Gasteiger partial charge in [-0.05, 0) is 37.1 Å². The zero-order valence-corrected chi connectivity index (χ0v) is 14.0. The van der Waals surface area contributed by atoms with E-state index in [0.717, 1.165) is 31.7 Å². The van der Waals surface area contributed by atoms with Crippen LogP contribution in [0.25, 0.3) is 0 Å². The number of aliphatic hydroxyl groups is 1. The number of hydrogen-bond donors (Lipinski definition) is 1. The molecule has 1 heterocycles. The fraction of sp³-hybridized carbons (Fsp3) is 0.400. The lowest BCUT2D eigenvalue weighted by molar-refractivity contribution is 0.0546. The molecular weight excluding hydrogens is 284 g/mol. The minimum atomic E-state index is -0.429. The van der Waals surface area contributed by atoms with Crippen molar-refractivity contribution >= 4 is 5.69 Å². The highest BCUT2D eigenvalue weighted by atomic mass is 16.3. The fourth-order valence-electron chi connectivity index (χ4n) is 3.34. The van der Waals surface area contributed by atoms with Crippen LogP contribution in [0.2, 0.25) is 0 Å². The molecule has 0 spiro atoms. The highest BCUT2D eigenvalue weighted by Crippen LogP contribution is 2.23. The maximum absolute atomic E-state index is 10.6. The van der Waals surface area contributed by atoms with Gasteiger partial charge in [0.1, 0.15) is 0 Å². The Morgan fingerprint density at radius 3 is 2.26 bits per heavy atom. The van der Waals surface area contributed by atoms with Crippen LogP contribution in [0.3, 0.4) is 0 Å². The van der Waals surface area contributed by atoms with Gasteiger partial charge in [-0.3, -0.25) is 4.90 Å². The molecule has 1 saturated heterocycles. The molecule has 0 aliphatic carbocycles. The first-order valence-corrected chi connectivity index (χ1v) is 8.44. The Labute approximate surface area is 139 Å². The molecule has 1 aliphatic rings. The van der Waals surface area contributed by atoms with E-state index in [9.17, 15) is 5.11 Å². The van der Waals surface area contributed by atoms with Gasteiger partial charge in [-0.2, -0.15) is 0 Å². The van der Waals surface area contributed by atoms with E-state index < -0.39 is 6.10 Å². The SMILES string of the molecule is Cc1cccc(N2CCN(C(C)C(O)c3ccccc3)CC2)c1. The van der Waals surface area contributed by atoms with Gasteiger partial charge in [0.25, 0.3) is 0 Å². The molecule has 23 heavy (non-hydrogen) atoms. The van der Waals surface area contributed by atoms with E-state index in [1.807, 2.05) is 30.3 Å². The molecule has 0 saturated carbocycles. The van der Waals surface area contributed by atoms with Crippen LogP contribution in [0.5, 0.6) is 0 Å². The Morgan fingerprint density at radius 1 is 0.913 bits per heavy atom. The molecule has 3 rings (SSSR count). The summed E-state index contributed by atoms with van der Waals surface area (Å²) in [5.41, 5.74) is 3.61. The summed E-state index contributed by atoms with van der Waals surface area (Å²) in [5.74, 6) is 0. The van der Waals surface area contributed by atoms with Crippen molar-refractivity contribution in [1.29, 1.82) is 0 Å². The second-order valence-electron chi connectivity index (χ2n) is 6.46. The summed E-state index contributed by atoms with van der Waals surface area (Å²) in [6.07, 6.45) is -0.429. The zero-order chi connectivity index (χ0) is 16.2. The maximum atomic E-state index is 10.6. The van der Waals surface area contributed by atoms with Crippen molar-refractivity contribution in [2.24, 2.45) is 0 Å². The van der Waals surface area contributed by atoms with Crippen molar-refractivity contribution in [3.05, 3.63) is 65.7 Å². The molecule has 2 atom stereocenters. The van der Waals surface area contributed by atoms with Crippen molar-refractivity contribution < 1.29 is 5.11 Å². The summed E-state index contributed by atoms with van der Waals surface area (Å²) < 4.78 is 0. The Morgan fingerprint density at radius 2 is 1.61 bits per heavy atom. The number of piperazine rings is 1. The molecule has 3 heteroatoms. The van der Waals surface area contributed by atoms with Gasteiger partial charge in [0, 0.05) is 37.9 Å². The van der Waals surface area contributed by atoms with Crippen molar-refractivity contribution in [3.8, 4) is 0 Å². The van der Waals surface area contributed by atoms with Crippen LogP contribution in [0.1, 0.15) is 24.2 Å². The average molecular weight is 310 g/mol. The van der Waals surface area contributed by atoms with E-state index in [0.29, 0.717) is 0 Å². The normalized spacial score (nSPS) is 18.7. The largest absolute Gasteiger partial charge is 0.387 e. The van der Waals surface area contributed by atoms with Crippen LogP contribution in [0, 0.1) is 6.92 Å². The van der Waals surface area contributed by atoms with Crippen LogP contribution in [0.4, 0.5) is 5.69 Å². The molecule has 122 valence electrons. The second kappa shape index (κ2) is 7.16. The molecule has 3 nitrogen and oxygen atoms in total. The lowest BCUT2D eigenvalue weighted by Crippen LogP contribution is -2.51. The first-order valence-electron chi connectivity index (χ1n) is 8.44. The minimum absolute atomic E-state index is 0.136. The maximum Gasteiger partial charge on any atom is 0.0942 e. The van der Waals surface area contributed by atoms with Crippen LogP contribution in [0.15, 0.2) is 54.6 Å². The molecule has 2 aromatic carbocycles. The predicted octanol–water partition coefficient (Wildman–Crippen LogP) is 3.24. The average Bonchev–Trinajstić information content (AvgIpc) is 2.61. The van der Waals surface area contributed by atoms with Crippen molar-refractivity contribution in [2.45, 2.75) is 26.0 Å². The highest BCUT2D eigenvalue weighted by molar-refractivity contribution is 5.48. The van der Waals surface area contributed by atoms with Crippen molar-refractivity contribution in [3.63, 3.8) is 0 Å². The van der Waals surface area contributed by atoms with Crippen molar-refractivity contribution in [1.82, 2.24) is 4.90 Å². The smallest absolute Gasteiger partial charge is 0.0942 e. The molecule has 2 aromatic rings. The first-order chi connectivity index (χ1) is 11.1. The Kier molecular flexibility index (Phi) is 4.99. The Bertz CT molecular complexity index is 621. The van der Waals surface area contributed by atoms with Gasteiger partial charge in [0.2, 0.25) is 0 Å². The number of hydrogen-bond acceptors (Lipinski definition) is 3. The molecular formula is C20H26N2O. The van der Waals surface area contributed by atoms with E-state index in [4.69, 9.17) is 0 Å². The van der Waals surface area contributed by atoms with E-state index in [-0.39, 0.29) is 6.04 Å². The zero-order valence-electron chi connectivity index (χ0n) is 14.0. The summed E-state index contributed by atoms with van der Waals surface area (Å²) >= 11 is 0. The highest BCUT2D eigenvalue weighted by Gasteiger charge is 2.26. The first kappa shape index (κ1) is 16.0. The molecule has 1 N–H and O–H groups in total. The number of benzene rings is 2. The molecule has 0 radical (unpaired) electrons. The van der Waals surface area contributed by atoms with Gasteiger partial charge in [-0.25, -0.2) is 0 Å². The quantitative estimate of drug-likeness (QED) is 0.939.